The molecule has 3 aromatic rings. The van der Waals surface area contributed by atoms with Crippen molar-refractivity contribution in [2.75, 3.05) is 25.1 Å². The molecule has 1 atom stereocenters. The second-order valence-electron chi connectivity index (χ2n) is 6.85. The fraction of sp³-hybridized carbons (Fsp3) is 0.350. The Morgan fingerprint density at radius 2 is 2.22 bits per heavy atom. The molecular formula is C20H22N6O. The van der Waals surface area contributed by atoms with Crippen LogP contribution >= 0.6 is 0 Å². The highest BCUT2D eigenvalue weighted by Crippen LogP contribution is 2.28. The van der Waals surface area contributed by atoms with Crippen LogP contribution in [0.1, 0.15) is 24.1 Å². The number of ether oxygens (including phenoxy) is 1. The van der Waals surface area contributed by atoms with E-state index >= 15 is 0 Å². The number of pyridine rings is 1. The number of hydrogen-bond donors (Lipinski definition) is 1. The van der Waals surface area contributed by atoms with E-state index in [4.69, 9.17) is 20.7 Å². The van der Waals surface area contributed by atoms with Gasteiger partial charge < -0.3 is 19.9 Å². The van der Waals surface area contributed by atoms with Crippen molar-refractivity contribution in [1.29, 1.82) is 5.26 Å². The Hall–Kier alpha value is -3.11. The molecule has 3 heterocycles. The van der Waals surface area contributed by atoms with Crippen LogP contribution in [0.3, 0.4) is 0 Å². The summed E-state index contributed by atoms with van der Waals surface area (Å²) in [7, 11) is 1.66. The summed E-state index contributed by atoms with van der Waals surface area (Å²) >= 11 is 0. The van der Waals surface area contributed by atoms with Crippen molar-refractivity contribution in [2.24, 2.45) is 5.73 Å². The van der Waals surface area contributed by atoms with Gasteiger partial charge >= 0.3 is 0 Å². The Balaban J connectivity index is 1.78. The van der Waals surface area contributed by atoms with Crippen LogP contribution < -0.4 is 15.4 Å². The van der Waals surface area contributed by atoms with Crippen molar-refractivity contribution in [3.8, 4) is 11.8 Å². The lowest BCUT2D eigenvalue weighted by molar-refractivity contribution is 0.415. The van der Waals surface area contributed by atoms with Gasteiger partial charge in [-0.2, -0.15) is 5.26 Å². The number of nitriles is 1. The first-order valence-electron chi connectivity index (χ1n) is 9.08. The first kappa shape index (κ1) is 17.3. The van der Waals surface area contributed by atoms with Crippen molar-refractivity contribution >= 4 is 17.0 Å². The molecule has 0 bridgehead atoms. The van der Waals surface area contributed by atoms with Gasteiger partial charge in [-0.3, -0.25) is 4.98 Å². The number of fused-ring (bicyclic) bond motifs is 1. The van der Waals surface area contributed by atoms with E-state index in [1.807, 2.05) is 24.3 Å². The average molecular weight is 362 g/mol. The van der Waals surface area contributed by atoms with Crippen LogP contribution in [0.5, 0.6) is 5.75 Å². The fourth-order valence-corrected chi connectivity index (χ4v) is 3.55. The number of benzene rings is 1. The molecule has 1 saturated heterocycles. The van der Waals surface area contributed by atoms with Gasteiger partial charge in [0.1, 0.15) is 11.8 Å². The summed E-state index contributed by atoms with van der Waals surface area (Å²) in [5.74, 6) is 1.69. The van der Waals surface area contributed by atoms with Crippen molar-refractivity contribution in [2.45, 2.75) is 25.4 Å². The van der Waals surface area contributed by atoms with E-state index in [1.54, 1.807) is 19.4 Å². The number of nitrogens with zero attached hydrogens (tertiary/aromatic N) is 5. The molecule has 0 aliphatic carbocycles. The highest BCUT2D eigenvalue weighted by atomic mass is 16.5. The van der Waals surface area contributed by atoms with Gasteiger partial charge in [0.05, 0.1) is 35.9 Å². The van der Waals surface area contributed by atoms with Crippen molar-refractivity contribution in [3.05, 3.63) is 47.8 Å². The molecule has 1 aromatic carbocycles. The summed E-state index contributed by atoms with van der Waals surface area (Å²) in [6, 6.07) is 11.8. The number of methoxy groups -OCH3 is 1. The second-order valence-corrected chi connectivity index (χ2v) is 6.85. The molecule has 0 spiro atoms. The third-order valence-electron chi connectivity index (χ3n) is 4.95. The van der Waals surface area contributed by atoms with Crippen molar-refractivity contribution in [1.82, 2.24) is 14.5 Å². The lowest BCUT2D eigenvalue weighted by Crippen LogP contribution is -2.44. The topological polar surface area (TPSA) is 93.0 Å². The maximum atomic E-state index is 8.99. The zero-order valence-electron chi connectivity index (χ0n) is 15.3. The van der Waals surface area contributed by atoms with Crippen LogP contribution in [0.2, 0.25) is 0 Å². The minimum Gasteiger partial charge on any atom is -0.497 e. The molecule has 0 amide bonds. The summed E-state index contributed by atoms with van der Waals surface area (Å²) < 4.78 is 7.56. The minimum atomic E-state index is 0.162. The lowest BCUT2D eigenvalue weighted by Gasteiger charge is -2.32. The number of nitrogens with two attached hydrogens (primary N) is 1. The van der Waals surface area contributed by atoms with E-state index in [2.05, 4.69) is 20.5 Å². The van der Waals surface area contributed by atoms with Gasteiger partial charge in [0, 0.05) is 31.4 Å². The third-order valence-corrected chi connectivity index (χ3v) is 4.95. The Morgan fingerprint density at radius 3 is 2.93 bits per heavy atom. The van der Waals surface area contributed by atoms with E-state index in [9.17, 15) is 0 Å². The van der Waals surface area contributed by atoms with Crippen LogP contribution in [0.4, 0.5) is 5.95 Å². The maximum absolute atomic E-state index is 8.99. The number of rotatable bonds is 4. The van der Waals surface area contributed by atoms with Gasteiger partial charge in [-0.05, 0) is 37.1 Å². The molecule has 1 fully saturated rings. The minimum absolute atomic E-state index is 0.162. The van der Waals surface area contributed by atoms with Gasteiger partial charge in [-0.15, -0.1) is 0 Å². The first-order valence-corrected chi connectivity index (χ1v) is 9.08. The summed E-state index contributed by atoms with van der Waals surface area (Å²) in [5.41, 5.74) is 9.53. The molecule has 1 aliphatic heterocycles. The standard InChI is InChI=1S/C20H22N6O/c1-27-17-6-7-18-19(9-17)26(13-16-5-4-14(10-21)11-23-16)20(24-18)25-8-2-3-15(22)12-25/h4-7,9,11,15H,2-3,8,12-13,22H2,1H3. The van der Waals surface area contributed by atoms with Gasteiger partial charge in [0.2, 0.25) is 5.95 Å². The first-order chi connectivity index (χ1) is 13.2. The predicted molar refractivity (Wildman–Crippen MR) is 104 cm³/mol. The molecule has 1 unspecified atom stereocenters. The van der Waals surface area contributed by atoms with E-state index < -0.39 is 0 Å². The van der Waals surface area contributed by atoms with Crippen LogP contribution in [-0.4, -0.2) is 40.8 Å². The third kappa shape index (κ3) is 3.44. The van der Waals surface area contributed by atoms with Crippen molar-refractivity contribution in [3.63, 3.8) is 0 Å². The Kier molecular flexibility index (Phi) is 4.65. The van der Waals surface area contributed by atoms with E-state index in [1.165, 1.54) is 0 Å². The van der Waals surface area contributed by atoms with Gasteiger partial charge in [0.25, 0.3) is 0 Å². The van der Waals surface area contributed by atoms with E-state index in [0.29, 0.717) is 12.1 Å². The quantitative estimate of drug-likeness (QED) is 0.765. The molecule has 7 heteroatoms. The highest BCUT2D eigenvalue weighted by molar-refractivity contribution is 5.80. The second kappa shape index (κ2) is 7.25. The summed E-state index contributed by atoms with van der Waals surface area (Å²) in [4.78, 5) is 11.6. The Bertz CT molecular complexity index is 988. The SMILES string of the molecule is COc1ccc2nc(N3CCCC(N)C3)n(Cc3ccc(C#N)cn3)c2c1. The summed E-state index contributed by atoms with van der Waals surface area (Å²) in [5, 5.41) is 8.99. The molecule has 27 heavy (non-hydrogen) atoms. The molecule has 4 rings (SSSR count). The molecule has 7 nitrogen and oxygen atoms in total. The molecule has 1 aliphatic rings. The average Bonchev–Trinajstić information content (AvgIpc) is 3.06. The smallest absolute Gasteiger partial charge is 0.206 e. The van der Waals surface area contributed by atoms with Gasteiger partial charge in [-0.1, -0.05) is 0 Å². The zero-order chi connectivity index (χ0) is 18.8. The number of piperidine rings is 1. The fourth-order valence-electron chi connectivity index (χ4n) is 3.55. The van der Waals surface area contributed by atoms with Gasteiger partial charge in [-0.25, -0.2) is 4.98 Å². The Morgan fingerprint density at radius 1 is 1.33 bits per heavy atom. The number of imidazole rings is 1. The monoisotopic (exact) mass is 362 g/mol. The largest absolute Gasteiger partial charge is 0.497 e. The van der Waals surface area contributed by atoms with Crippen LogP contribution in [-0.2, 0) is 6.54 Å². The van der Waals surface area contributed by atoms with E-state index in [-0.39, 0.29) is 6.04 Å². The molecule has 0 radical (unpaired) electrons. The van der Waals surface area contributed by atoms with Crippen molar-refractivity contribution < 1.29 is 4.74 Å². The normalized spacial score (nSPS) is 17.1. The Labute approximate surface area is 158 Å². The molecular weight excluding hydrogens is 340 g/mol. The number of aromatic nitrogens is 3. The van der Waals surface area contributed by atoms with Crippen LogP contribution in [0, 0.1) is 11.3 Å². The predicted octanol–water partition coefficient (Wildman–Crippen LogP) is 2.29. The van der Waals surface area contributed by atoms with E-state index in [0.717, 1.165) is 54.4 Å². The molecule has 2 N–H and O–H groups in total. The number of hydrogen-bond acceptors (Lipinski definition) is 6. The summed E-state index contributed by atoms with van der Waals surface area (Å²) in [6.07, 6.45) is 3.70. The zero-order valence-corrected chi connectivity index (χ0v) is 15.3. The molecule has 2 aromatic heterocycles. The molecule has 138 valence electrons. The maximum Gasteiger partial charge on any atom is 0.206 e. The lowest BCUT2D eigenvalue weighted by atomic mass is 10.1. The summed E-state index contributed by atoms with van der Waals surface area (Å²) in [6.45, 7) is 2.30. The van der Waals surface area contributed by atoms with Crippen LogP contribution in [0.15, 0.2) is 36.5 Å². The highest BCUT2D eigenvalue weighted by Gasteiger charge is 2.23. The number of anilines is 1. The van der Waals surface area contributed by atoms with Gasteiger partial charge in [0.15, 0.2) is 0 Å². The molecule has 0 saturated carbocycles. The van der Waals surface area contributed by atoms with Crippen LogP contribution in [0.25, 0.3) is 11.0 Å².